The van der Waals surface area contributed by atoms with Crippen LogP contribution in [0.1, 0.15) is 19.4 Å². The van der Waals surface area contributed by atoms with Gasteiger partial charge < -0.3 is 14.2 Å². The lowest BCUT2D eigenvalue weighted by Gasteiger charge is -2.12. The first-order valence-corrected chi connectivity index (χ1v) is 11.1. The molecule has 1 heterocycles. The molecular weight excluding hydrogens is 446 g/mol. The summed E-state index contributed by atoms with van der Waals surface area (Å²) in [6.45, 7) is 3.30. The molecule has 35 heavy (non-hydrogen) atoms. The molecule has 1 aromatic heterocycles. The van der Waals surface area contributed by atoms with E-state index in [9.17, 15) is 9.59 Å². The summed E-state index contributed by atoms with van der Waals surface area (Å²) in [5, 5.41) is 4.93. The average molecular weight is 472 g/mol. The summed E-state index contributed by atoms with van der Waals surface area (Å²) >= 11 is 0. The highest BCUT2D eigenvalue weighted by molar-refractivity contribution is 5.83. The van der Waals surface area contributed by atoms with E-state index in [0.717, 1.165) is 5.56 Å². The second-order valence-electron chi connectivity index (χ2n) is 7.92. The quantitative estimate of drug-likeness (QED) is 0.281. The fraction of sp³-hybridized carbons (Fsp3) is 0.185. The van der Waals surface area contributed by atoms with Gasteiger partial charge in [0, 0.05) is 5.56 Å². The van der Waals surface area contributed by atoms with Gasteiger partial charge in [0.1, 0.15) is 0 Å². The normalized spacial score (nSPS) is 11.2. The Morgan fingerprint density at radius 3 is 2.51 bits per heavy atom. The van der Waals surface area contributed by atoms with Crippen molar-refractivity contribution in [3.63, 3.8) is 0 Å². The number of esters is 1. The number of carbonyl (C=O) groups is 1. The average Bonchev–Trinajstić information content (AvgIpc) is 2.87. The summed E-state index contributed by atoms with van der Waals surface area (Å²) in [5.41, 5.74) is 1.75. The van der Waals surface area contributed by atoms with Crippen molar-refractivity contribution in [3.05, 3.63) is 88.7 Å². The molecular formula is C27H25N3O5. The van der Waals surface area contributed by atoms with Crippen LogP contribution in [0.3, 0.4) is 0 Å². The standard InChI is InChI=1S/C27H25N3O5/c1-18(2)35-25(31)17-34-23-14-13-19(15-24(23)33-3)16-28-30-26(20-9-5-4-6-10-20)29-22-12-8-7-11-21(22)27(30)32/h4-16,18H,17H2,1-3H3. The van der Waals surface area contributed by atoms with Gasteiger partial charge in [-0.2, -0.15) is 9.78 Å². The van der Waals surface area contributed by atoms with Gasteiger partial charge in [0.2, 0.25) is 0 Å². The third-order valence-electron chi connectivity index (χ3n) is 5.01. The van der Waals surface area contributed by atoms with Crippen molar-refractivity contribution in [3.8, 4) is 22.9 Å². The van der Waals surface area contributed by atoms with Crippen LogP contribution < -0.4 is 15.0 Å². The number of hydrogen-bond acceptors (Lipinski definition) is 7. The van der Waals surface area contributed by atoms with Gasteiger partial charge in [-0.3, -0.25) is 4.79 Å². The molecule has 0 spiro atoms. The summed E-state index contributed by atoms with van der Waals surface area (Å²) < 4.78 is 17.3. The van der Waals surface area contributed by atoms with Gasteiger partial charge in [0.15, 0.2) is 23.9 Å². The monoisotopic (exact) mass is 471 g/mol. The number of methoxy groups -OCH3 is 1. The summed E-state index contributed by atoms with van der Waals surface area (Å²) in [6, 6.07) is 21.7. The Bertz CT molecular complexity index is 1430. The predicted molar refractivity (Wildman–Crippen MR) is 134 cm³/mol. The Hall–Kier alpha value is -4.46. The second kappa shape index (κ2) is 10.6. The van der Waals surface area contributed by atoms with Gasteiger partial charge in [-0.05, 0) is 49.7 Å². The molecule has 0 radical (unpaired) electrons. The molecule has 4 rings (SSSR count). The van der Waals surface area contributed by atoms with E-state index >= 15 is 0 Å². The Morgan fingerprint density at radius 2 is 1.77 bits per heavy atom. The summed E-state index contributed by atoms with van der Waals surface area (Å²) in [6.07, 6.45) is 1.32. The van der Waals surface area contributed by atoms with E-state index in [1.165, 1.54) is 11.8 Å². The zero-order valence-corrected chi connectivity index (χ0v) is 19.7. The summed E-state index contributed by atoms with van der Waals surface area (Å²) in [4.78, 5) is 29.7. The van der Waals surface area contributed by atoms with Gasteiger partial charge in [0.25, 0.3) is 5.56 Å². The number of ether oxygens (including phenoxy) is 3. The van der Waals surface area contributed by atoms with Crippen LogP contribution in [-0.2, 0) is 9.53 Å². The van der Waals surface area contributed by atoms with E-state index in [1.54, 1.807) is 56.5 Å². The molecule has 178 valence electrons. The van der Waals surface area contributed by atoms with E-state index < -0.39 is 5.97 Å². The van der Waals surface area contributed by atoms with Crippen LogP contribution in [-0.4, -0.2) is 41.7 Å². The molecule has 0 aliphatic rings. The lowest BCUT2D eigenvalue weighted by atomic mass is 10.2. The Labute approximate surface area is 202 Å². The molecule has 8 heteroatoms. The van der Waals surface area contributed by atoms with Crippen molar-refractivity contribution < 1.29 is 19.0 Å². The highest BCUT2D eigenvalue weighted by Crippen LogP contribution is 2.28. The smallest absolute Gasteiger partial charge is 0.344 e. The molecule has 4 aromatic rings. The van der Waals surface area contributed by atoms with Crippen molar-refractivity contribution in [1.82, 2.24) is 9.66 Å². The van der Waals surface area contributed by atoms with E-state index in [0.29, 0.717) is 33.8 Å². The maximum absolute atomic E-state index is 13.3. The van der Waals surface area contributed by atoms with E-state index in [2.05, 4.69) is 10.1 Å². The third kappa shape index (κ3) is 5.55. The molecule has 8 nitrogen and oxygen atoms in total. The molecule has 0 unspecified atom stereocenters. The van der Waals surface area contributed by atoms with Crippen LogP contribution in [0.4, 0.5) is 0 Å². The minimum atomic E-state index is -0.468. The predicted octanol–water partition coefficient (Wildman–Crippen LogP) is 4.28. The van der Waals surface area contributed by atoms with E-state index in [1.807, 2.05) is 36.4 Å². The first-order chi connectivity index (χ1) is 17.0. The highest BCUT2D eigenvalue weighted by Gasteiger charge is 2.13. The van der Waals surface area contributed by atoms with Crippen LogP contribution in [0.15, 0.2) is 82.7 Å². The van der Waals surface area contributed by atoms with Gasteiger partial charge in [-0.15, -0.1) is 0 Å². The van der Waals surface area contributed by atoms with E-state index in [-0.39, 0.29) is 18.3 Å². The summed E-state index contributed by atoms with van der Waals surface area (Å²) in [7, 11) is 1.50. The Morgan fingerprint density at radius 1 is 1.03 bits per heavy atom. The van der Waals surface area contributed by atoms with Crippen LogP contribution in [0.25, 0.3) is 22.3 Å². The Balaban J connectivity index is 1.67. The van der Waals surface area contributed by atoms with Gasteiger partial charge in [-0.1, -0.05) is 42.5 Å². The first kappa shape index (κ1) is 23.7. The largest absolute Gasteiger partial charge is 0.493 e. The fourth-order valence-corrected chi connectivity index (χ4v) is 3.45. The number of fused-ring (bicyclic) bond motifs is 1. The second-order valence-corrected chi connectivity index (χ2v) is 7.92. The topological polar surface area (TPSA) is 92.0 Å². The molecule has 0 atom stereocenters. The van der Waals surface area contributed by atoms with Crippen molar-refractivity contribution in [1.29, 1.82) is 0 Å². The number of nitrogens with zero attached hydrogens (tertiary/aromatic N) is 3. The highest BCUT2D eigenvalue weighted by atomic mass is 16.6. The molecule has 0 saturated heterocycles. The molecule has 0 fully saturated rings. The number of rotatable bonds is 8. The molecule has 0 aliphatic carbocycles. The van der Waals surface area contributed by atoms with Gasteiger partial charge >= 0.3 is 5.97 Å². The van der Waals surface area contributed by atoms with Crippen LogP contribution in [0.5, 0.6) is 11.5 Å². The number of carbonyl (C=O) groups excluding carboxylic acids is 1. The van der Waals surface area contributed by atoms with Crippen LogP contribution >= 0.6 is 0 Å². The zero-order chi connectivity index (χ0) is 24.8. The summed E-state index contributed by atoms with van der Waals surface area (Å²) in [5.74, 6) is 0.767. The molecule has 0 saturated carbocycles. The molecule has 0 bridgehead atoms. The van der Waals surface area contributed by atoms with Crippen LogP contribution in [0, 0.1) is 0 Å². The van der Waals surface area contributed by atoms with Crippen molar-refractivity contribution in [2.24, 2.45) is 5.10 Å². The van der Waals surface area contributed by atoms with Crippen molar-refractivity contribution >= 4 is 23.1 Å². The fourth-order valence-electron chi connectivity index (χ4n) is 3.45. The molecule has 0 aliphatic heterocycles. The van der Waals surface area contributed by atoms with E-state index in [4.69, 9.17) is 14.2 Å². The zero-order valence-electron chi connectivity index (χ0n) is 19.7. The lowest BCUT2D eigenvalue weighted by molar-refractivity contribution is -0.149. The SMILES string of the molecule is COc1cc(C=Nn2c(-c3ccccc3)nc3ccccc3c2=O)ccc1OCC(=O)OC(C)C. The lowest BCUT2D eigenvalue weighted by Crippen LogP contribution is -2.20. The van der Waals surface area contributed by atoms with Crippen LogP contribution in [0.2, 0.25) is 0 Å². The Kier molecular flexibility index (Phi) is 7.21. The number of hydrogen-bond donors (Lipinski definition) is 0. The van der Waals surface area contributed by atoms with Crippen molar-refractivity contribution in [2.75, 3.05) is 13.7 Å². The minimum absolute atomic E-state index is 0.222. The molecule has 0 amide bonds. The molecule has 3 aromatic carbocycles. The number of benzene rings is 3. The number of aromatic nitrogens is 2. The third-order valence-corrected chi connectivity index (χ3v) is 5.01. The molecule has 0 N–H and O–H groups in total. The maximum Gasteiger partial charge on any atom is 0.344 e. The van der Waals surface area contributed by atoms with Crippen molar-refractivity contribution in [2.45, 2.75) is 20.0 Å². The minimum Gasteiger partial charge on any atom is -0.493 e. The number of para-hydroxylation sites is 1. The van der Waals surface area contributed by atoms with Gasteiger partial charge in [0.05, 0.1) is 30.3 Å². The first-order valence-electron chi connectivity index (χ1n) is 11.1. The maximum atomic E-state index is 13.3. The van der Waals surface area contributed by atoms with Gasteiger partial charge in [-0.25, -0.2) is 9.78 Å².